The Labute approximate surface area is 218 Å². The van der Waals surface area contributed by atoms with Gasteiger partial charge in [-0.1, -0.05) is 18.3 Å². The van der Waals surface area contributed by atoms with E-state index in [-0.39, 0.29) is 16.5 Å². The number of fused-ring (bicyclic) bond motifs is 3. The molecule has 0 radical (unpaired) electrons. The lowest BCUT2D eigenvalue weighted by molar-refractivity contribution is -0.137. The summed E-state index contributed by atoms with van der Waals surface area (Å²) in [7, 11) is -1.32. The summed E-state index contributed by atoms with van der Waals surface area (Å²) in [6.45, 7) is 4.39. The van der Waals surface area contributed by atoms with Gasteiger partial charge >= 0.3 is 6.18 Å². The molecule has 2 saturated heterocycles. The summed E-state index contributed by atoms with van der Waals surface area (Å²) in [5.41, 5.74) is 1.75. The first-order valence-electron chi connectivity index (χ1n) is 12.3. The fraction of sp³-hybridized carbons (Fsp3) is 0.440. The number of aryl methyl sites for hydroxylation is 1. The molecule has 2 fully saturated rings. The molecule has 1 aromatic carbocycles. The van der Waals surface area contributed by atoms with Crippen LogP contribution in [0.3, 0.4) is 0 Å². The molecule has 2 bridgehead atoms. The normalized spacial score (nSPS) is 23.0. The van der Waals surface area contributed by atoms with Gasteiger partial charge in [-0.3, -0.25) is 4.21 Å². The van der Waals surface area contributed by atoms with Gasteiger partial charge in [0.2, 0.25) is 5.95 Å². The Morgan fingerprint density at radius 1 is 1.32 bits per heavy atom. The van der Waals surface area contributed by atoms with Crippen LogP contribution in [0, 0.1) is 0 Å². The van der Waals surface area contributed by atoms with Crippen LogP contribution in [0.15, 0.2) is 35.4 Å². The molecular weight excluding hydrogens is 523 g/mol. The number of alkyl halides is 3. The average molecular weight is 550 g/mol. The quantitative estimate of drug-likeness (QED) is 0.465. The molecule has 2 N–H and O–H groups in total. The molecule has 3 aromatic rings. The molecule has 0 saturated carbocycles. The molecule has 0 spiro atoms. The van der Waals surface area contributed by atoms with Gasteiger partial charge in [0.15, 0.2) is 5.06 Å². The maximum absolute atomic E-state index is 13.9. The summed E-state index contributed by atoms with van der Waals surface area (Å²) < 4.78 is 59.9. The van der Waals surface area contributed by atoms with Crippen LogP contribution in [0.1, 0.15) is 30.9 Å². The van der Waals surface area contributed by atoms with Gasteiger partial charge in [-0.2, -0.15) is 13.2 Å². The number of hydrogen-bond donors (Lipinski definition) is 2. The second-order valence-corrected chi connectivity index (χ2v) is 12.0. The van der Waals surface area contributed by atoms with Gasteiger partial charge in [0.25, 0.3) is 0 Å². The summed E-state index contributed by atoms with van der Waals surface area (Å²) in [5.74, 6) is 0.484. The molecule has 3 aliphatic heterocycles. The van der Waals surface area contributed by atoms with Gasteiger partial charge in [0.05, 0.1) is 32.9 Å². The van der Waals surface area contributed by atoms with Gasteiger partial charge in [0, 0.05) is 48.5 Å². The minimum Gasteiger partial charge on any atom is -0.483 e. The van der Waals surface area contributed by atoms with Crippen molar-refractivity contribution < 1.29 is 22.1 Å². The Hall–Kier alpha value is -2.70. The van der Waals surface area contributed by atoms with E-state index < -0.39 is 22.5 Å². The van der Waals surface area contributed by atoms with Crippen molar-refractivity contribution in [1.29, 1.82) is 0 Å². The highest BCUT2D eigenvalue weighted by molar-refractivity contribution is 7.85. The lowest BCUT2D eigenvalue weighted by Gasteiger charge is -2.30. The zero-order chi connectivity index (χ0) is 25.7. The van der Waals surface area contributed by atoms with Crippen LogP contribution in [0.5, 0.6) is 5.06 Å². The molecule has 12 heteroatoms. The van der Waals surface area contributed by atoms with Crippen molar-refractivity contribution in [2.45, 2.75) is 49.3 Å². The Morgan fingerprint density at radius 2 is 2.19 bits per heavy atom. The molecule has 37 heavy (non-hydrogen) atoms. The second kappa shape index (κ2) is 9.55. The fourth-order valence-corrected chi connectivity index (χ4v) is 7.71. The number of thiophene rings is 1. The SMILES string of the molecule is CCc1cc(N2CC3CC2CN3)ccc1Nc1ncc(C(F)(F)F)c(-c2cc3c(s2)OCCCS3=O)n1. The van der Waals surface area contributed by atoms with E-state index in [0.29, 0.717) is 40.8 Å². The predicted octanol–water partition coefficient (Wildman–Crippen LogP) is 4.97. The Bertz CT molecular complexity index is 1360. The highest BCUT2D eigenvalue weighted by Gasteiger charge is 2.38. The molecule has 196 valence electrons. The van der Waals surface area contributed by atoms with E-state index in [4.69, 9.17) is 4.74 Å². The number of aromatic nitrogens is 2. The number of halogens is 3. The Balaban J connectivity index is 1.33. The summed E-state index contributed by atoms with van der Waals surface area (Å²) in [4.78, 5) is 11.4. The topological polar surface area (TPSA) is 79.4 Å². The van der Waals surface area contributed by atoms with Crippen LogP contribution in [0.2, 0.25) is 0 Å². The van der Waals surface area contributed by atoms with Crippen LogP contribution < -0.4 is 20.3 Å². The smallest absolute Gasteiger partial charge is 0.420 e. The van der Waals surface area contributed by atoms with Crippen LogP contribution in [0.4, 0.5) is 30.5 Å². The van der Waals surface area contributed by atoms with Crippen molar-refractivity contribution in [2.24, 2.45) is 0 Å². The molecule has 3 atom stereocenters. The van der Waals surface area contributed by atoms with Crippen LogP contribution >= 0.6 is 11.3 Å². The number of nitrogens with zero attached hydrogens (tertiary/aromatic N) is 3. The van der Waals surface area contributed by atoms with Crippen molar-refractivity contribution in [3.05, 3.63) is 41.6 Å². The van der Waals surface area contributed by atoms with Crippen molar-refractivity contribution in [1.82, 2.24) is 15.3 Å². The zero-order valence-electron chi connectivity index (χ0n) is 20.1. The summed E-state index contributed by atoms with van der Waals surface area (Å²) >= 11 is 1.04. The van der Waals surface area contributed by atoms with Gasteiger partial charge in [-0.05, 0) is 49.1 Å². The third-order valence-electron chi connectivity index (χ3n) is 7.05. The maximum Gasteiger partial charge on any atom is 0.420 e. The molecular formula is C25H26F3N5O2S2. The average Bonchev–Trinajstić information content (AvgIpc) is 3.60. The van der Waals surface area contributed by atoms with E-state index in [1.165, 1.54) is 6.07 Å². The summed E-state index contributed by atoms with van der Waals surface area (Å²) in [6, 6.07) is 8.65. The lowest BCUT2D eigenvalue weighted by Crippen LogP contribution is -2.43. The van der Waals surface area contributed by atoms with Crippen LogP contribution in [-0.2, 0) is 23.4 Å². The highest BCUT2D eigenvalue weighted by atomic mass is 32.2. The summed E-state index contributed by atoms with van der Waals surface area (Å²) in [6.07, 6.45) is -1.32. The molecule has 7 nitrogen and oxygen atoms in total. The standard InChI is InChI=1S/C25H26F3N5O2S2/c1-2-14-8-16(33-13-15-9-17(33)11-29-15)4-5-19(14)31-24-30-12-18(25(26,27)28)22(32-24)20-10-21-23(36-20)35-6-3-7-37(21)34/h4-5,8,10,12,15,17,29H,2-3,6-7,9,11,13H2,1H3,(H,30,31,32). The van der Waals surface area contributed by atoms with Crippen molar-refractivity contribution in [2.75, 3.05) is 35.7 Å². The van der Waals surface area contributed by atoms with Gasteiger partial charge < -0.3 is 20.3 Å². The number of benzene rings is 1. The van der Waals surface area contributed by atoms with Crippen molar-refractivity contribution in [3.8, 4) is 15.6 Å². The van der Waals surface area contributed by atoms with Gasteiger partial charge in [-0.15, -0.1) is 0 Å². The predicted molar refractivity (Wildman–Crippen MR) is 138 cm³/mol. The molecule has 2 aromatic heterocycles. The maximum atomic E-state index is 13.9. The first-order chi connectivity index (χ1) is 17.8. The third kappa shape index (κ3) is 4.70. The summed E-state index contributed by atoms with van der Waals surface area (Å²) in [5, 5.41) is 7.04. The molecule has 0 aliphatic carbocycles. The molecule has 0 amide bonds. The number of nitrogens with one attached hydrogen (secondary N) is 2. The Morgan fingerprint density at radius 3 is 2.92 bits per heavy atom. The van der Waals surface area contributed by atoms with Gasteiger partial charge in [0.1, 0.15) is 5.56 Å². The Kier molecular flexibility index (Phi) is 6.36. The molecule has 3 unspecified atom stereocenters. The molecule has 5 heterocycles. The van der Waals surface area contributed by atoms with E-state index in [1.807, 2.05) is 19.1 Å². The number of piperazine rings is 1. The van der Waals surface area contributed by atoms with Crippen LogP contribution in [-0.4, -0.2) is 51.7 Å². The van der Waals surface area contributed by atoms with Gasteiger partial charge in [-0.25, -0.2) is 9.97 Å². The fourth-order valence-electron chi connectivity index (χ4n) is 5.21. The van der Waals surface area contributed by atoms with Crippen molar-refractivity contribution in [3.63, 3.8) is 0 Å². The number of hydrogen-bond acceptors (Lipinski definition) is 8. The number of ether oxygens (including phenoxy) is 1. The van der Waals surface area contributed by atoms with E-state index in [0.717, 1.165) is 60.4 Å². The monoisotopic (exact) mass is 549 g/mol. The molecule has 3 aliphatic rings. The zero-order valence-corrected chi connectivity index (χ0v) is 21.7. The number of rotatable bonds is 5. The largest absolute Gasteiger partial charge is 0.483 e. The first-order valence-corrected chi connectivity index (χ1v) is 14.4. The van der Waals surface area contributed by atoms with E-state index in [2.05, 4.69) is 31.6 Å². The third-order valence-corrected chi connectivity index (χ3v) is 9.69. The minimum atomic E-state index is -4.64. The van der Waals surface area contributed by atoms with E-state index in [1.54, 1.807) is 0 Å². The first kappa shape index (κ1) is 24.6. The highest BCUT2D eigenvalue weighted by Crippen LogP contribution is 2.44. The second-order valence-electron chi connectivity index (χ2n) is 9.43. The van der Waals surface area contributed by atoms with E-state index >= 15 is 0 Å². The van der Waals surface area contributed by atoms with Crippen molar-refractivity contribution >= 4 is 39.5 Å². The minimum absolute atomic E-state index is 0.0699. The van der Waals surface area contributed by atoms with Crippen LogP contribution in [0.25, 0.3) is 10.6 Å². The molecule has 6 rings (SSSR count). The number of anilines is 3. The lowest BCUT2D eigenvalue weighted by atomic mass is 10.1. The van der Waals surface area contributed by atoms with E-state index in [9.17, 15) is 17.4 Å².